The summed E-state index contributed by atoms with van der Waals surface area (Å²) < 4.78 is 5.04. The summed E-state index contributed by atoms with van der Waals surface area (Å²) in [5.74, 6) is -0.618. The molecule has 4 rings (SSSR count). The number of carbonyl (C=O) groups is 3. The summed E-state index contributed by atoms with van der Waals surface area (Å²) >= 11 is 0. The SMILES string of the molecule is Cc1noc(C)c1NC(=O)c1ccc2c(c1)C(=O)N(CCc1ccccc1)C2=O. The highest BCUT2D eigenvalue weighted by Crippen LogP contribution is 2.25. The second-order valence-electron chi connectivity index (χ2n) is 6.91. The van der Waals surface area contributed by atoms with Gasteiger partial charge in [0, 0.05) is 12.1 Å². The molecule has 7 nitrogen and oxygen atoms in total. The van der Waals surface area contributed by atoms with E-state index >= 15 is 0 Å². The second-order valence-corrected chi connectivity index (χ2v) is 6.91. The van der Waals surface area contributed by atoms with Gasteiger partial charge in [0.05, 0.1) is 11.1 Å². The molecular weight excluding hydrogens is 370 g/mol. The molecule has 1 aliphatic heterocycles. The first-order valence-electron chi connectivity index (χ1n) is 9.24. The molecule has 146 valence electrons. The second kappa shape index (κ2) is 7.35. The summed E-state index contributed by atoms with van der Waals surface area (Å²) in [6, 6.07) is 14.2. The molecular formula is C22H19N3O4. The van der Waals surface area contributed by atoms with E-state index in [0.29, 0.717) is 29.1 Å². The van der Waals surface area contributed by atoms with Crippen LogP contribution in [0.5, 0.6) is 0 Å². The van der Waals surface area contributed by atoms with Gasteiger partial charge in [-0.2, -0.15) is 0 Å². The fourth-order valence-electron chi connectivity index (χ4n) is 3.37. The van der Waals surface area contributed by atoms with Crippen molar-refractivity contribution in [2.24, 2.45) is 0 Å². The first kappa shape index (κ1) is 18.6. The molecule has 0 bridgehead atoms. The predicted molar refractivity (Wildman–Crippen MR) is 106 cm³/mol. The highest BCUT2D eigenvalue weighted by Gasteiger charge is 2.35. The summed E-state index contributed by atoms with van der Waals surface area (Å²) in [7, 11) is 0. The Balaban J connectivity index is 1.53. The average molecular weight is 389 g/mol. The Morgan fingerprint density at radius 3 is 2.45 bits per heavy atom. The number of imide groups is 1. The molecule has 0 aliphatic carbocycles. The van der Waals surface area contributed by atoms with Crippen LogP contribution in [0.1, 0.15) is 48.1 Å². The summed E-state index contributed by atoms with van der Waals surface area (Å²) in [5.41, 5.74) is 2.96. The molecule has 1 N–H and O–H groups in total. The van der Waals surface area contributed by atoms with Crippen molar-refractivity contribution in [3.63, 3.8) is 0 Å². The zero-order valence-corrected chi connectivity index (χ0v) is 16.1. The number of fused-ring (bicyclic) bond motifs is 1. The normalized spacial score (nSPS) is 13.0. The molecule has 1 aliphatic rings. The number of nitrogens with one attached hydrogen (secondary N) is 1. The third kappa shape index (κ3) is 3.42. The van der Waals surface area contributed by atoms with Crippen LogP contribution in [-0.4, -0.2) is 34.3 Å². The van der Waals surface area contributed by atoms with Crippen molar-refractivity contribution >= 4 is 23.4 Å². The monoisotopic (exact) mass is 389 g/mol. The van der Waals surface area contributed by atoms with Crippen LogP contribution < -0.4 is 5.32 Å². The van der Waals surface area contributed by atoms with Crippen LogP contribution in [0, 0.1) is 13.8 Å². The lowest BCUT2D eigenvalue weighted by atomic mass is 10.1. The highest BCUT2D eigenvalue weighted by molar-refractivity contribution is 6.22. The Bertz CT molecular complexity index is 1100. The number of benzene rings is 2. The van der Waals surface area contributed by atoms with Crippen LogP contribution in [0.4, 0.5) is 5.69 Å². The van der Waals surface area contributed by atoms with E-state index in [-0.39, 0.29) is 29.5 Å². The summed E-state index contributed by atoms with van der Waals surface area (Å²) in [6.07, 6.45) is 0.575. The molecule has 0 saturated carbocycles. The van der Waals surface area contributed by atoms with Gasteiger partial charge in [-0.1, -0.05) is 35.5 Å². The Hall–Kier alpha value is -3.74. The molecule has 7 heteroatoms. The standard InChI is InChI=1S/C22H19N3O4/c1-13-19(14(2)29-24-13)23-20(26)16-8-9-17-18(12-16)22(28)25(21(17)27)11-10-15-6-4-3-5-7-15/h3-9,12H,10-11H2,1-2H3,(H,23,26). The number of nitrogens with zero attached hydrogens (tertiary/aromatic N) is 2. The summed E-state index contributed by atoms with van der Waals surface area (Å²) in [4.78, 5) is 39.3. The Morgan fingerprint density at radius 2 is 1.76 bits per heavy atom. The van der Waals surface area contributed by atoms with Gasteiger partial charge in [-0.05, 0) is 44.0 Å². The first-order valence-corrected chi connectivity index (χ1v) is 9.24. The smallest absolute Gasteiger partial charge is 0.261 e. The van der Waals surface area contributed by atoms with Gasteiger partial charge < -0.3 is 9.84 Å². The maximum absolute atomic E-state index is 12.8. The molecule has 0 atom stereocenters. The van der Waals surface area contributed by atoms with Gasteiger partial charge in [0.25, 0.3) is 17.7 Å². The summed E-state index contributed by atoms with van der Waals surface area (Å²) in [6.45, 7) is 3.71. The lowest BCUT2D eigenvalue weighted by molar-refractivity contribution is 0.0656. The molecule has 29 heavy (non-hydrogen) atoms. The maximum atomic E-state index is 12.8. The molecule has 3 aromatic rings. The van der Waals surface area contributed by atoms with Gasteiger partial charge >= 0.3 is 0 Å². The van der Waals surface area contributed by atoms with Crippen LogP contribution in [0.15, 0.2) is 53.1 Å². The van der Waals surface area contributed by atoms with Gasteiger partial charge in [-0.3, -0.25) is 19.3 Å². The number of anilines is 1. The van der Waals surface area contributed by atoms with Crippen molar-refractivity contribution in [2.75, 3.05) is 11.9 Å². The van der Waals surface area contributed by atoms with Crippen molar-refractivity contribution in [3.8, 4) is 0 Å². The quantitative estimate of drug-likeness (QED) is 0.676. The number of rotatable bonds is 5. The van der Waals surface area contributed by atoms with Gasteiger partial charge in [0.2, 0.25) is 0 Å². The highest BCUT2D eigenvalue weighted by atomic mass is 16.5. The zero-order chi connectivity index (χ0) is 20.5. The molecule has 1 aromatic heterocycles. The van der Waals surface area contributed by atoms with E-state index in [0.717, 1.165) is 5.56 Å². The van der Waals surface area contributed by atoms with Crippen LogP contribution in [0.3, 0.4) is 0 Å². The Labute approximate surface area is 167 Å². The van der Waals surface area contributed by atoms with Crippen molar-refractivity contribution in [1.82, 2.24) is 10.1 Å². The van der Waals surface area contributed by atoms with Crippen molar-refractivity contribution in [2.45, 2.75) is 20.3 Å². The molecule has 0 saturated heterocycles. The molecule has 2 aromatic carbocycles. The lowest BCUT2D eigenvalue weighted by Crippen LogP contribution is -2.31. The first-order chi connectivity index (χ1) is 14.0. The summed E-state index contributed by atoms with van der Waals surface area (Å²) in [5, 5.41) is 6.55. The van der Waals surface area contributed by atoms with E-state index in [4.69, 9.17) is 4.52 Å². The molecule has 0 spiro atoms. The minimum atomic E-state index is -0.398. The van der Waals surface area contributed by atoms with Crippen LogP contribution >= 0.6 is 0 Å². The fourth-order valence-corrected chi connectivity index (χ4v) is 3.37. The van der Waals surface area contributed by atoms with Crippen LogP contribution in [0.25, 0.3) is 0 Å². The van der Waals surface area contributed by atoms with E-state index in [1.807, 2.05) is 30.3 Å². The lowest BCUT2D eigenvalue weighted by Gasteiger charge is -2.13. The van der Waals surface area contributed by atoms with Gasteiger partial charge in [0.1, 0.15) is 11.4 Å². The van der Waals surface area contributed by atoms with Crippen molar-refractivity contribution in [3.05, 3.63) is 82.2 Å². The van der Waals surface area contributed by atoms with E-state index in [9.17, 15) is 14.4 Å². The maximum Gasteiger partial charge on any atom is 0.261 e. The number of amides is 3. The van der Waals surface area contributed by atoms with Gasteiger partial charge in [-0.15, -0.1) is 0 Å². The third-order valence-electron chi connectivity index (χ3n) is 4.97. The minimum Gasteiger partial charge on any atom is -0.359 e. The van der Waals surface area contributed by atoms with Gasteiger partial charge in [0.15, 0.2) is 5.76 Å². The van der Waals surface area contributed by atoms with E-state index in [1.54, 1.807) is 13.8 Å². The predicted octanol–water partition coefficient (Wildman–Crippen LogP) is 3.38. The van der Waals surface area contributed by atoms with E-state index in [1.165, 1.54) is 23.1 Å². The van der Waals surface area contributed by atoms with E-state index in [2.05, 4.69) is 10.5 Å². The van der Waals surface area contributed by atoms with Crippen molar-refractivity contribution in [1.29, 1.82) is 0 Å². The number of aryl methyl sites for hydroxylation is 2. The van der Waals surface area contributed by atoms with Crippen molar-refractivity contribution < 1.29 is 18.9 Å². The topological polar surface area (TPSA) is 92.5 Å². The number of hydrogen-bond acceptors (Lipinski definition) is 5. The fraction of sp³-hybridized carbons (Fsp3) is 0.182. The van der Waals surface area contributed by atoms with Crippen LogP contribution in [0.2, 0.25) is 0 Å². The number of carbonyl (C=O) groups excluding carboxylic acids is 3. The third-order valence-corrected chi connectivity index (χ3v) is 4.97. The minimum absolute atomic E-state index is 0.245. The molecule has 0 radical (unpaired) electrons. The number of hydrogen-bond donors (Lipinski definition) is 1. The zero-order valence-electron chi connectivity index (χ0n) is 16.1. The molecule has 0 unspecified atom stereocenters. The van der Waals surface area contributed by atoms with Crippen LogP contribution in [-0.2, 0) is 6.42 Å². The molecule has 3 amide bonds. The molecule has 2 heterocycles. The average Bonchev–Trinajstić information content (AvgIpc) is 3.17. The Morgan fingerprint density at radius 1 is 1.03 bits per heavy atom. The number of aromatic nitrogens is 1. The molecule has 0 fully saturated rings. The van der Waals surface area contributed by atoms with Gasteiger partial charge in [-0.25, -0.2) is 0 Å². The van der Waals surface area contributed by atoms with E-state index < -0.39 is 5.91 Å². The Kier molecular flexibility index (Phi) is 4.72. The largest absolute Gasteiger partial charge is 0.359 e.